The van der Waals surface area contributed by atoms with Crippen LogP contribution in [0.1, 0.15) is 31.1 Å². The zero-order valence-electron chi connectivity index (χ0n) is 10.3. The van der Waals surface area contributed by atoms with E-state index < -0.39 is 23.4 Å². The Morgan fingerprint density at radius 2 is 1.94 bits per heavy atom. The van der Waals surface area contributed by atoms with Gasteiger partial charge >= 0.3 is 6.18 Å². The van der Waals surface area contributed by atoms with Crippen LogP contribution in [0.5, 0.6) is 0 Å². The van der Waals surface area contributed by atoms with Gasteiger partial charge in [-0.2, -0.15) is 13.2 Å². The van der Waals surface area contributed by atoms with Crippen LogP contribution >= 0.6 is 0 Å². The Bertz CT molecular complexity index is 428. The van der Waals surface area contributed by atoms with Crippen molar-refractivity contribution in [3.8, 4) is 0 Å². The van der Waals surface area contributed by atoms with Crippen molar-refractivity contribution in [2.24, 2.45) is 0 Å². The first kappa shape index (κ1) is 13.4. The van der Waals surface area contributed by atoms with E-state index in [1.54, 1.807) is 6.07 Å². The summed E-state index contributed by atoms with van der Waals surface area (Å²) in [5.41, 5.74) is -0.874. The van der Waals surface area contributed by atoms with Gasteiger partial charge in [-0.25, -0.2) is 0 Å². The molecule has 1 aliphatic heterocycles. The lowest BCUT2D eigenvalue weighted by atomic mass is 9.98. The summed E-state index contributed by atoms with van der Waals surface area (Å²) < 4.78 is 44.5. The fourth-order valence-electron chi connectivity index (χ4n) is 2.18. The molecule has 5 heteroatoms. The Labute approximate surface area is 104 Å². The number of ether oxygens (including phenoxy) is 1. The average Bonchev–Trinajstić information content (AvgIpc) is 2.26. The highest BCUT2D eigenvalue weighted by Crippen LogP contribution is 2.37. The van der Waals surface area contributed by atoms with E-state index in [0.29, 0.717) is 13.1 Å². The van der Waals surface area contributed by atoms with E-state index in [1.165, 1.54) is 12.1 Å². The molecule has 100 valence electrons. The summed E-state index contributed by atoms with van der Waals surface area (Å²) in [5.74, 6) is 0. The standard InChI is InChI=1S/C13H16F3NO/c1-12(2)8-17-7-11(18-12)9-5-3-4-6-10(9)13(14,15)16/h3-6,11,17H,7-8H2,1-2H3. The van der Waals surface area contributed by atoms with Crippen LogP contribution in [-0.4, -0.2) is 18.7 Å². The van der Waals surface area contributed by atoms with Crippen molar-refractivity contribution < 1.29 is 17.9 Å². The van der Waals surface area contributed by atoms with E-state index >= 15 is 0 Å². The van der Waals surface area contributed by atoms with Crippen molar-refractivity contribution in [1.82, 2.24) is 5.32 Å². The Kier molecular flexibility index (Phi) is 3.38. The molecule has 2 rings (SSSR count). The lowest BCUT2D eigenvalue weighted by Gasteiger charge is -2.37. The van der Waals surface area contributed by atoms with Gasteiger partial charge in [0.2, 0.25) is 0 Å². The van der Waals surface area contributed by atoms with Crippen LogP contribution in [0.3, 0.4) is 0 Å². The number of hydrogen-bond donors (Lipinski definition) is 1. The Morgan fingerprint density at radius 1 is 1.28 bits per heavy atom. The second kappa shape index (κ2) is 4.55. The largest absolute Gasteiger partial charge is 0.416 e. The smallest absolute Gasteiger partial charge is 0.365 e. The van der Waals surface area contributed by atoms with Crippen LogP contribution in [0.15, 0.2) is 24.3 Å². The van der Waals surface area contributed by atoms with Crippen LogP contribution < -0.4 is 5.32 Å². The van der Waals surface area contributed by atoms with Crippen molar-refractivity contribution in [2.75, 3.05) is 13.1 Å². The molecule has 1 saturated heterocycles. The average molecular weight is 259 g/mol. The minimum atomic E-state index is -4.35. The summed E-state index contributed by atoms with van der Waals surface area (Å²) in [6, 6.07) is 5.58. The SMILES string of the molecule is CC1(C)CNCC(c2ccccc2C(F)(F)F)O1. The van der Waals surface area contributed by atoms with Crippen molar-refractivity contribution in [1.29, 1.82) is 0 Å². The van der Waals surface area contributed by atoms with Crippen LogP contribution in [0.25, 0.3) is 0 Å². The fourth-order valence-corrected chi connectivity index (χ4v) is 2.18. The maximum Gasteiger partial charge on any atom is 0.416 e. The van der Waals surface area contributed by atoms with Gasteiger partial charge in [0.15, 0.2) is 0 Å². The van der Waals surface area contributed by atoms with Gasteiger partial charge in [0, 0.05) is 13.1 Å². The molecule has 1 N–H and O–H groups in total. The summed E-state index contributed by atoms with van der Waals surface area (Å²) in [6.45, 7) is 4.76. The fraction of sp³-hybridized carbons (Fsp3) is 0.538. The molecule has 1 unspecified atom stereocenters. The molecule has 0 saturated carbocycles. The normalized spacial score (nSPS) is 23.9. The van der Waals surface area contributed by atoms with E-state index in [0.717, 1.165) is 6.07 Å². The summed E-state index contributed by atoms with van der Waals surface area (Å²) in [6.07, 6.45) is -4.91. The number of morpholine rings is 1. The van der Waals surface area contributed by atoms with Gasteiger partial charge in [-0.05, 0) is 25.5 Å². The lowest BCUT2D eigenvalue weighted by molar-refractivity contribution is -0.143. The first-order valence-corrected chi connectivity index (χ1v) is 5.84. The van der Waals surface area contributed by atoms with Crippen LogP contribution in [0.2, 0.25) is 0 Å². The van der Waals surface area contributed by atoms with Crippen molar-refractivity contribution >= 4 is 0 Å². The molecule has 0 aromatic heterocycles. The molecule has 18 heavy (non-hydrogen) atoms. The molecule has 0 radical (unpaired) electrons. The van der Waals surface area contributed by atoms with Crippen molar-refractivity contribution in [3.05, 3.63) is 35.4 Å². The van der Waals surface area contributed by atoms with Gasteiger partial charge in [0.25, 0.3) is 0 Å². The molecule has 0 aliphatic carbocycles. The third-order valence-corrected chi connectivity index (χ3v) is 2.95. The minimum Gasteiger partial charge on any atom is -0.365 e. The van der Waals surface area contributed by atoms with E-state index in [4.69, 9.17) is 4.74 Å². The highest BCUT2D eigenvalue weighted by molar-refractivity contribution is 5.32. The van der Waals surface area contributed by atoms with E-state index in [9.17, 15) is 13.2 Å². The van der Waals surface area contributed by atoms with Crippen LogP contribution in [0, 0.1) is 0 Å². The topological polar surface area (TPSA) is 21.3 Å². The maximum atomic E-state index is 12.9. The molecule has 1 fully saturated rings. The zero-order chi connectivity index (χ0) is 13.4. The molecular formula is C13H16F3NO. The van der Waals surface area contributed by atoms with Gasteiger partial charge in [-0.15, -0.1) is 0 Å². The predicted molar refractivity (Wildman–Crippen MR) is 62.2 cm³/mol. The van der Waals surface area contributed by atoms with E-state index in [1.807, 2.05) is 13.8 Å². The Morgan fingerprint density at radius 3 is 2.56 bits per heavy atom. The maximum absolute atomic E-state index is 12.9. The van der Waals surface area contributed by atoms with Gasteiger partial charge in [-0.3, -0.25) is 0 Å². The summed E-state index contributed by atoms with van der Waals surface area (Å²) in [4.78, 5) is 0. The summed E-state index contributed by atoms with van der Waals surface area (Å²) in [7, 11) is 0. The molecule has 1 atom stereocenters. The number of benzene rings is 1. The van der Waals surface area contributed by atoms with E-state index in [-0.39, 0.29) is 5.56 Å². The number of nitrogens with one attached hydrogen (secondary N) is 1. The molecular weight excluding hydrogens is 243 g/mol. The summed E-state index contributed by atoms with van der Waals surface area (Å²) in [5, 5.41) is 3.11. The molecule has 1 aromatic rings. The highest BCUT2D eigenvalue weighted by atomic mass is 19.4. The number of alkyl halides is 3. The number of hydrogen-bond acceptors (Lipinski definition) is 2. The number of halogens is 3. The van der Waals surface area contributed by atoms with Crippen molar-refractivity contribution in [2.45, 2.75) is 31.7 Å². The van der Waals surface area contributed by atoms with Gasteiger partial charge in [0.05, 0.1) is 17.3 Å². The molecule has 2 nitrogen and oxygen atoms in total. The quantitative estimate of drug-likeness (QED) is 0.836. The molecule has 1 aliphatic rings. The molecule has 1 aromatic carbocycles. The highest BCUT2D eigenvalue weighted by Gasteiger charge is 2.37. The third kappa shape index (κ3) is 2.84. The third-order valence-electron chi connectivity index (χ3n) is 2.95. The first-order valence-electron chi connectivity index (χ1n) is 5.84. The van der Waals surface area contributed by atoms with Gasteiger partial charge in [0.1, 0.15) is 0 Å². The van der Waals surface area contributed by atoms with Crippen LogP contribution in [-0.2, 0) is 10.9 Å². The first-order chi connectivity index (χ1) is 8.30. The second-order valence-corrected chi connectivity index (χ2v) is 5.08. The number of rotatable bonds is 1. The molecule has 1 heterocycles. The predicted octanol–water partition coefficient (Wildman–Crippen LogP) is 3.14. The molecule has 0 bridgehead atoms. The lowest BCUT2D eigenvalue weighted by Crippen LogP contribution is -2.47. The molecule has 0 amide bonds. The minimum absolute atomic E-state index is 0.199. The van der Waals surface area contributed by atoms with E-state index in [2.05, 4.69) is 5.32 Å². The summed E-state index contributed by atoms with van der Waals surface area (Å²) >= 11 is 0. The van der Waals surface area contributed by atoms with Crippen LogP contribution in [0.4, 0.5) is 13.2 Å². The monoisotopic (exact) mass is 259 g/mol. The van der Waals surface area contributed by atoms with Gasteiger partial charge in [-0.1, -0.05) is 18.2 Å². The molecule has 0 spiro atoms. The van der Waals surface area contributed by atoms with Gasteiger partial charge < -0.3 is 10.1 Å². The van der Waals surface area contributed by atoms with Crippen molar-refractivity contribution in [3.63, 3.8) is 0 Å². The Hall–Kier alpha value is -1.07. The Balaban J connectivity index is 2.33. The second-order valence-electron chi connectivity index (χ2n) is 5.08. The zero-order valence-corrected chi connectivity index (χ0v) is 10.3.